The molecule has 3 heteroatoms. The van der Waals surface area contributed by atoms with Crippen LogP contribution in [0.5, 0.6) is 0 Å². The van der Waals surface area contributed by atoms with E-state index in [9.17, 15) is 10.3 Å². The van der Waals surface area contributed by atoms with E-state index in [1.807, 2.05) is 0 Å². The molecule has 0 radical (unpaired) electrons. The van der Waals surface area contributed by atoms with Gasteiger partial charge in [-0.2, -0.15) is 0 Å². The minimum absolute atomic E-state index is 0.0906. The smallest absolute Gasteiger partial charge is 0.0836 e. The van der Waals surface area contributed by atoms with E-state index in [1.54, 1.807) is 5.57 Å². The van der Waals surface area contributed by atoms with E-state index in [4.69, 9.17) is 0 Å². The van der Waals surface area contributed by atoms with Gasteiger partial charge in [0.15, 0.2) is 0 Å². The highest BCUT2D eigenvalue weighted by atomic mass is 16.4. The first-order valence-electron chi connectivity index (χ1n) is 14.0. The van der Waals surface area contributed by atoms with Crippen molar-refractivity contribution in [2.24, 2.45) is 50.5 Å². The standard InChI is InChI=1S/C30H51NO2/c1-19(2)10-9-11-20(3)21-12-17-30(8)26-22(13-16-29(21,30)7)28(6)15-14-25(32)27(4,5)24(28)18-23(26)31-33/h19-21,24-25,32-33H,9-18H2,1-8H3/b31-23+/t20-,21-,24?,25+,28-,29-,30+/m1/s1. The summed E-state index contributed by atoms with van der Waals surface area (Å²) in [5, 5.41) is 25.2. The molecule has 0 bridgehead atoms. The highest BCUT2D eigenvalue weighted by molar-refractivity contribution is 6.03. The first-order valence-corrected chi connectivity index (χ1v) is 14.0. The fourth-order valence-corrected chi connectivity index (χ4v) is 9.47. The number of hydrogen-bond acceptors (Lipinski definition) is 3. The van der Waals surface area contributed by atoms with E-state index >= 15 is 0 Å². The van der Waals surface area contributed by atoms with Crippen LogP contribution in [-0.2, 0) is 0 Å². The summed E-state index contributed by atoms with van der Waals surface area (Å²) in [6, 6.07) is 0. The van der Waals surface area contributed by atoms with Crippen molar-refractivity contribution in [2.45, 2.75) is 126 Å². The van der Waals surface area contributed by atoms with Crippen LogP contribution in [0.2, 0.25) is 0 Å². The highest BCUT2D eigenvalue weighted by Crippen LogP contribution is 2.72. The molecular formula is C30H51NO2. The van der Waals surface area contributed by atoms with Gasteiger partial charge >= 0.3 is 0 Å². The fraction of sp³-hybridized carbons (Fsp3) is 0.900. The Kier molecular flexibility index (Phi) is 6.42. The van der Waals surface area contributed by atoms with Crippen molar-refractivity contribution in [2.75, 3.05) is 0 Å². The van der Waals surface area contributed by atoms with E-state index in [0.29, 0.717) is 5.92 Å². The lowest BCUT2D eigenvalue weighted by Crippen LogP contribution is -2.57. The van der Waals surface area contributed by atoms with Crippen molar-refractivity contribution < 1.29 is 10.3 Å². The molecule has 0 saturated heterocycles. The zero-order chi connectivity index (χ0) is 24.4. The minimum atomic E-state index is -0.273. The molecule has 0 aromatic heterocycles. The molecule has 0 aromatic carbocycles. The minimum Gasteiger partial charge on any atom is -0.411 e. The van der Waals surface area contributed by atoms with E-state index in [1.165, 1.54) is 44.1 Å². The van der Waals surface area contributed by atoms with Gasteiger partial charge in [-0.15, -0.1) is 0 Å². The Bertz CT molecular complexity index is 825. The van der Waals surface area contributed by atoms with Gasteiger partial charge < -0.3 is 10.3 Å². The van der Waals surface area contributed by atoms with Gasteiger partial charge in [0.1, 0.15) is 0 Å². The summed E-state index contributed by atoms with van der Waals surface area (Å²) < 4.78 is 0. The summed E-state index contributed by atoms with van der Waals surface area (Å²) in [6.07, 6.45) is 11.4. The first kappa shape index (κ1) is 25.3. The van der Waals surface area contributed by atoms with Gasteiger partial charge in [0.05, 0.1) is 11.8 Å². The molecule has 0 aliphatic heterocycles. The number of aliphatic hydroxyl groups is 1. The Labute approximate surface area is 203 Å². The number of oxime groups is 1. The number of fused-ring (bicyclic) bond motifs is 4. The molecule has 0 heterocycles. The van der Waals surface area contributed by atoms with Crippen molar-refractivity contribution >= 4 is 5.71 Å². The maximum absolute atomic E-state index is 10.9. The summed E-state index contributed by atoms with van der Waals surface area (Å²) >= 11 is 0. The van der Waals surface area contributed by atoms with Crippen LogP contribution in [0.4, 0.5) is 0 Å². The molecule has 1 unspecified atom stereocenters. The fourth-order valence-electron chi connectivity index (χ4n) is 9.47. The molecule has 0 amide bonds. The van der Waals surface area contributed by atoms with Crippen LogP contribution in [0.1, 0.15) is 120 Å². The summed E-state index contributed by atoms with van der Waals surface area (Å²) in [4.78, 5) is 0. The Hall–Kier alpha value is -0.830. The van der Waals surface area contributed by atoms with Crippen LogP contribution in [-0.4, -0.2) is 22.1 Å². The molecule has 2 fully saturated rings. The molecule has 0 aromatic rings. The van der Waals surface area contributed by atoms with Crippen molar-refractivity contribution in [1.82, 2.24) is 0 Å². The predicted octanol–water partition coefficient (Wildman–Crippen LogP) is 8.00. The number of hydrogen-bond donors (Lipinski definition) is 2. The lowest BCUT2D eigenvalue weighted by Gasteiger charge is -2.62. The van der Waals surface area contributed by atoms with Crippen LogP contribution in [0.15, 0.2) is 16.3 Å². The third kappa shape index (κ3) is 3.57. The third-order valence-electron chi connectivity index (χ3n) is 11.9. The van der Waals surface area contributed by atoms with Crippen molar-refractivity contribution in [3.63, 3.8) is 0 Å². The van der Waals surface area contributed by atoms with Gasteiger partial charge in [0.2, 0.25) is 0 Å². The van der Waals surface area contributed by atoms with Crippen LogP contribution in [0.25, 0.3) is 0 Å². The second-order valence-electron chi connectivity index (χ2n) is 14.1. The third-order valence-corrected chi connectivity index (χ3v) is 11.9. The Morgan fingerprint density at radius 1 is 0.970 bits per heavy atom. The number of aliphatic hydroxyl groups excluding tert-OH is 1. The Morgan fingerprint density at radius 2 is 1.67 bits per heavy atom. The first-order chi connectivity index (χ1) is 15.3. The summed E-state index contributed by atoms with van der Waals surface area (Å²) in [6.45, 7) is 19.2. The van der Waals surface area contributed by atoms with Gasteiger partial charge in [0.25, 0.3) is 0 Å². The molecule has 3 nitrogen and oxygen atoms in total. The molecule has 33 heavy (non-hydrogen) atoms. The van der Waals surface area contributed by atoms with Crippen LogP contribution < -0.4 is 0 Å². The topological polar surface area (TPSA) is 52.8 Å². The van der Waals surface area contributed by atoms with Gasteiger partial charge in [-0.3, -0.25) is 0 Å². The molecule has 7 atom stereocenters. The molecule has 4 aliphatic rings. The molecule has 4 rings (SSSR count). The normalized spacial score (nSPS) is 44.5. The molecular weight excluding hydrogens is 406 g/mol. The molecule has 4 aliphatic carbocycles. The molecule has 188 valence electrons. The van der Waals surface area contributed by atoms with E-state index in [0.717, 1.165) is 49.1 Å². The quantitative estimate of drug-likeness (QED) is 0.324. The van der Waals surface area contributed by atoms with Crippen molar-refractivity contribution in [3.05, 3.63) is 11.1 Å². The number of allylic oxidation sites excluding steroid dienone is 2. The monoisotopic (exact) mass is 457 g/mol. The van der Waals surface area contributed by atoms with Crippen LogP contribution in [0, 0.1) is 45.3 Å². The van der Waals surface area contributed by atoms with E-state index in [2.05, 4.69) is 60.5 Å². The predicted molar refractivity (Wildman–Crippen MR) is 138 cm³/mol. The maximum Gasteiger partial charge on any atom is 0.0836 e. The average molecular weight is 458 g/mol. The lowest BCUT2D eigenvalue weighted by atomic mass is 9.43. The van der Waals surface area contributed by atoms with E-state index in [-0.39, 0.29) is 27.8 Å². The maximum atomic E-state index is 10.9. The largest absolute Gasteiger partial charge is 0.411 e. The molecule has 2 saturated carbocycles. The molecule has 0 spiro atoms. The number of nitrogens with zero attached hydrogens (tertiary/aromatic N) is 1. The summed E-state index contributed by atoms with van der Waals surface area (Å²) in [5.41, 5.74) is 4.26. The summed E-state index contributed by atoms with van der Waals surface area (Å²) in [5.74, 6) is 2.63. The molecule has 2 N–H and O–H groups in total. The van der Waals surface area contributed by atoms with Crippen molar-refractivity contribution in [1.29, 1.82) is 0 Å². The van der Waals surface area contributed by atoms with Crippen LogP contribution in [0.3, 0.4) is 0 Å². The highest BCUT2D eigenvalue weighted by Gasteiger charge is 2.64. The van der Waals surface area contributed by atoms with Gasteiger partial charge in [-0.25, -0.2) is 0 Å². The Balaban J connectivity index is 1.72. The second kappa shape index (κ2) is 8.38. The number of rotatable bonds is 5. The zero-order valence-electron chi connectivity index (χ0n) is 22.8. The average Bonchev–Trinajstić information content (AvgIpc) is 3.02. The van der Waals surface area contributed by atoms with E-state index < -0.39 is 0 Å². The SMILES string of the molecule is CC(C)CCC[C@@H](C)[C@H]1CC[C@@]2(C)C3=C(CC[C@]12C)[C@@]1(C)CC[C@H](O)C(C)(C)C1C/C3=N\O. The van der Waals surface area contributed by atoms with Crippen LogP contribution >= 0.6 is 0 Å². The van der Waals surface area contributed by atoms with Gasteiger partial charge in [-0.05, 0) is 90.4 Å². The summed E-state index contributed by atoms with van der Waals surface area (Å²) in [7, 11) is 0. The zero-order valence-corrected chi connectivity index (χ0v) is 22.8. The Morgan fingerprint density at radius 3 is 2.30 bits per heavy atom. The van der Waals surface area contributed by atoms with Gasteiger partial charge in [0, 0.05) is 5.41 Å². The van der Waals surface area contributed by atoms with Crippen molar-refractivity contribution in [3.8, 4) is 0 Å². The lowest BCUT2D eigenvalue weighted by molar-refractivity contribution is -0.0859. The second-order valence-corrected chi connectivity index (χ2v) is 14.1. The van der Waals surface area contributed by atoms with Gasteiger partial charge in [-0.1, -0.05) is 85.4 Å².